The highest BCUT2D eigenvalue weighted by Crippen LogP contribution is 2.23. The van der Waals surface area contributed by atoms with E-state index >= 15 is 0 Å². The van der Waals surface area contributed by atoms with Crippen LogP contribution in [0.15, 0.2) is 18.2 Å². The van der Waals surface area contributed by atoms with Crippen LogP contribution in [0.1, 0.15) is 28.5 Å². The van der Waals surface area contributed by atoms with Crippen LogP contribution < -0.4 is 0 Å². The fraction of sp³-hybridized carbons (Fsp3) is 0.267. The maximum atomic E-state index is 13.7. The quantitative estimate of drug-likeness (QED) is 0.598. The molecule has 1 heterocycles. The average Bonchev–Trinajstić information content (AvgIpc) is 2.80. The van der Waals surface area contributed by atoms with Crippen molar-refractivity contribution in [1.82, 2.24) is 9.78 Å². The molecule has 1 aromatic carbocycles. The Labute approximate surface area is 135 Å². The lowest BCUT2D eigenvalue weighted by Gasteiger charge is -2.05. The fourth-order valence-corrected chi connectivity index (χ4v) is 2.29. The molecule has 1 aromatic heterocycles. The van der Waals surface area contributed by atoms with E-state index in [-0.39, 0.29) is 41.5 Å². The molecule has 23 heavy (non-hydrogen) atoms. The number of aromatic nitrogens is 2. The fourth-order valence-electron chi connectivity index (χ4n) is 2.02. The van der Waals surface area contributed by atoms with E-state index in [1.54, 1.807) is 6.92 Å². The summed E-state index contributed by atoms with van der Waals surface area (Å²) in [6.45, 7) is 1.65. The molecule has 8 heteroatoms. The summed E-state index contributed by atoms with van der Waals surface area (Å²) >= 11 is 6.12. The molecule has 2 rings (SSSR count). The van der Waals surface area contributed by atoms with Crippen molar-refractivity contribution in [1.29, 1.82) is 0 Å². The Balaban J connectivity index is 2.40. The number of carbonyl (C=O) groups excluding carboxylic acids is 2. The van der Waals surface area contributed by atoms with Gasteiger partial charge in [-0.3, -0.25) is 0 Å². The number of aldehydes is 1. The molecule has 0 radical (unpaired) electrons. The van der Waals surface area contributed by atoms with E-state index < -0.39 is 17.6 Å². The summed E-state index contributed by atoms with van der Waals surface area (Å²) in [5, 5.41) is 4.03. The molecule has 0 amide bonds. The van der Waals surface area contributed by atoms with Crippen molar-refractivity contribution in [2.45, 2.75) is 19.9 Å². The zero-order chi connectivity index (χ0) is 17.0. The first-order valence-corrected chi connectivity index (χ1v) is 7.15. The van der Waals surface area contributed by atoms with E-state index in [0.717, 1.165) is 12.1 Å². The molecule has 0 aliphatic heterocycles. The van der Waals surface area contributed by atoms with Crippen molar-refractivity contribution < 1.29 is 23.1 Å². The zero-order valence-electron chi connectivity index (χ0n) is 12.2. The number of rotatable bonds is 6. The molecule has 0 aliphatic carbocycles. The highest BCUT2D eigenvalue weighted by molar-refractivity contribution is 6.31. The lowest BCUT2D eigenvalue weighted by Crippen LogP contribution is -2.10. The first-order chi connectivity index (χ1) is 11.0. The Morgan fingerprint density at radius 2 is 2.17 bits per heavy atom. The molecular formula is C15H13ClF2N2O3. The molecule has 0 atom stereocenters. The lowest BCUT2D eigenvalue weighted by atomic mass is 10.2. The molecule has 0 saturated carbocycles. The van der Waals surface area contributed by atoms with Gasteiger partial charge < -0.3 is 9.53 Å². The standard InChI is InChI=1S/C15H13ClF2N2O3/c1-2-23-15(22)13-11(5-6-21)14(16)20(19-13)8-9-3-4-10(17)7-12(9)18/h3-4,6-7H,2,5,8H2,1H3. The van der Waals surface area contributed by atoms with Crippen LogP contribution in [0, 0.1) is 11.6 Å². The molecule has 0 spiro atoms. The van der Waals surface area contributed by atoms with Crippen molar-refractivity contribution in [2.24, 2.45) is 0 Å². The highest BCUT2D eigenvalue weighted by Gasteiger charge is 2.23. The van der Waals surface area contributed by atoms with Gasteiger partial charge >= 0.3 is 5.97 Å². The second-order valence-corrected chi connectivity index (χ2v) is 4.96. The van der Waals surface area contributed by atoms with Gasteiger partial charge in [-0.2, -0.15) is 5.10 Å². The first-order valence-electron chi connectivity index (χ1n) is 6.77. The van der Waals surface area contributed by atoms with Crippen molar-refractivity contribution in [3.63, 3.8) is 0 Å². The monoisotopic (exact) mass is 342 g/mol. The SMILES string of the molecule is CCOC(=O)c1nn(Cc2ccc(F)cc2F)c(Cl)c1CC=O. The minimum absolute atomic E-state index is 0.0314. The van der Waals surface area contributed by atoms with Gasteiger partial charge in [-0.15, -0.1) is 0 Å². The van der Waals surface area contributed by atoms with Crippen molar-refractivity contribution in [2.75, 3.05) is 6.61 Å². The topological polar surface area (TPSA) is 61.2 Å². The molecule has 122 valence electrons. The molecule has 0 aliphatic rings. The number of esters is 1. The van der Waals surface area contributed by atoms with Gasteiger partial charge in [-0.25, -0.2) is 18.3 Å². The lowest BCUT2D eigenvalue weighted by molar-refractivity contribution is -0.107. The van der Waals surface area contributed by atoms with Gasteiger partial charge in [0.1, 0.15) is 23.1 Å². The minimum Gasteiger partial charge on any atom is -0.461 e. The van der Waals surface area contributed by atoms with Gasteiger partial charge in [0.05, 0.1) is 13.2 Å². The molecule has 0 saturated heterocycles. The van der Waals surface area contributed by atoms with Crippen LogP contribution in [0.25, 0.3) is 0 Å². The molecule has 2 aromatic rings. The normalized spacial score (nSPS) is 10.6. The average molecular weight is 343 g/mol. The van der Waals surface area contributed by atoms with Crippen LogP contribution in [-0.4, -0.2) is 28.6 Å². The predicted octanol–water partition coefficient (Wildman–Crippen LogP) is 2.78. The third kappa shape index (κ3) is 3.73. The van der Waals surface area contributed by atoms with Crippen LogP contribution in [0.5, 0.6) is 0 Å². The third-order valence-electron chi connectivity index (χ3n) is 3.07. The van der Waals surface area contributed by atoms with Crippen molar-refractivity contribution >= 4 is 23.9 Å². The van der Waals surface area contributed by atoms with Crippen LogP contribution >= 0.6 is 11.6 Å². The van der Waals surface area contributed by atoms with Gasteiger partial charge in [0.2, 0.25) is 0 Å². The number of hydrogen-bond donors (Lipinski definition) is 0. The van der Waals surface area contributed by atoms with Gasteiger partial charge in [0.15, 0.2) is 5.69 Å². The number of nitrogens with zero attached hydrogens (tertiary/aromatic N) is 2. The summed E-state index contributed by atoms with van der Waals surface area (Å²) in [7, 11) is 0. The zero-order valence-corrected chi connectivity index (χ0v) is 12.9. The van der Waals surface area contributed by atoms with E-state index in [1.165, 1.54) is 10.7 Å². The van der Waals surface area contributed by atoms with Gasteiger partial charge in [0.25, 0.3) is 0 Å². The second-order valence-electron chi connectivity index (χ2n) is 4.60. The molecule has 0 N–H and O–H groups in total. The first kappa shape index (κ1) is 17.1. The Hall–Kier alpha value is -2.28. The number of halogens is 3. The van der Waals surface area contributed by atoms with Gasteiger partial charge in [-0.1, -0.05) is 17.7 Å². The maximum Gasteiger partial charge on any atom is 0.359 e. The van der Waals surface area contributed by atoms with Crippen molar-refractivity contribution in [3.05, 3.63) is 51.8 Å². The summed E-state index contributed by atoms with van der Waals surface area (Å²) in [5.41, 5.74) is 0.262. The van der Waals surface area contributed by atoms with Crippen LogP contribution in [0.2, 0.25) is 5.15 Å². The summed E-state index contributed by atoms with van der Waals surface area (Å²) in [4.78, 5) is 22.6. The van der Waals surface area contributed by atoms with E-state index in [0.29, 0.717) is 6.29 Å². The Morgan fingerprint density at radius 1 is 1.43 bits per heavy atom. The molecule has 0 unspecified atom stereocenters. The summed E-state index contributed by atoms with van der Waals surface area (Å²) in [6.07, 6.45) is 0.452. The Morgan fingerprint density at radius 3 is 2.78 bits per heavy atom. The summed E-state index contributed by atoms with van der Waals surface area (Å²) < 4.78 is 32.7. The van der Waals surface area contributed by atoms with Crippen LogP contribution in [0.4, 0.5) is 8.78 Å². The Kier molecular flexibility index (Phi) is 5.44. The van der Waals surface area contributed by atoms with E-state index in [9.17, 15) is 18.4 Å². The maximum absolute atomic E-state index is 13.7. The molecule has 0 fully saturated rings. The number of carbonyl (C=O) groups is 2. The van der Waals surface area contributed by atoms with Crippen LogP contribution in [-0.2, 0) is 22.5 Å². The molecule has 5 nitrogen and oxygen atoms in total. The van der Waals surface area contributed by atoms with E-state index in [4.69, 9.17) is 16.3 Å². The van der Waals surface area contributed by atoms with Crippen molar-refractivity contribution in [3.8, 4) is 0 Å². The van der Waals surface area contributed by atoms with Crippen LogP contribution in [0.3, 0.4) is 0 Å². The Bertz CT molecular complexity index is 747. The van der Waals surface area contributed by atoms with E-state index in [1.807, 2.05) is 0 Å². The number of ether oxygens (including phenoxy) is 1. The number of benzene rings is 1. The van der Waals surface area contributed by atoms with Gasteiger partial charge in [0, 0.05) is 23.6 Å². The number of hydrogen-bond acceptors (Lipinski definition) is 4. The second kappa shape index (κ2) is 7.32. The summed E-state index contributed by atoms with van der Waals surface area (Å²) in [6, 6.07) is 3.10. The smallest absolute Gasteiger partial charge is 0.359 e. The summed E-state index contributed by atoms with van der Waals surface area (Å²) in [5.74, 6) is -2.18. The van der Waals surface area contributed by atoms with Gasteiger partial charge in [-0.05, 0) is 13.0 Å². The van der Waals surface area contributed by atoms with E-state index in [2.05, 4.69) is 5.10 Å². The molecule has 0 bridgehead atoms. The largest absolute Gasteiger partial charge is 0.461 e. The molecular weight excluding hydrogens is 330 g/mol. The third-order valence-corrected chi connectivity index (χ3v) is 3.50. The highest BCUT2D eigenvalue weighted by atomic mass is 35.5. The minimum atomic E-state index is -0.758. The predicted molar refractivity (Wildman–Crippen MR) is 78.4 cm³/mol.